The number of aromatic amines is 1. The van der Waals surface area contributed by atoms with Crippen LogP contribution in [0.25, 0.3) is 10.2 Å². The lowest BCUT2D eigenvalue weighted by Gasteiger charge is -2.00. The number of rotatable bonds is 9. The first-order valence-corrected chi connectivity index (χ1v) is 8.59. The molecule has 0 unspecified atom stereocenters. The van der Waals surface area contributed by atoms with E-state index in [1.54, 1.807) is 11.3 Å². The summed E-state index contributed by atoms with van der Waals surface area (Å²) < 4.78 is 0. The van der Waals surface area contributed by atoms with Gasteiger partial charge in [-0.2, -0.15) is 0 Å². The average Bonchev–Trinajstić information content (AvgIpc) is 2.86. The van der Waals surface area contributed by atoms with Crippen molar-refractivity contribution in [2.45, 2.75) is 64.7 Å². The zero-order valence-corrected chi connectivity index (χ0v) is 13.1. The van der Waals surface area contributed by atoms with Crippen molar-refractivity contribution in [1.29, 1.82) is 0 Å². The first-order valence-electron chi connectivity index (χ1n) is 7.77. The number of nitrogens with zero attached hydrogens (tertiary/aromatic N) is 1. The largest absolute Gasteiger partial charge is 0.313 e. The van der Waals surface area contributed by atoms with E-state index < -0.39 is 0 Å². The second-order valence-corrected chi connectivity index (χ2v) is 6.50. The Morgan fingerprint density at radius 1 is 1.10 bits per heavy atom. The van der Waals surface area contributed by atoms with Gasteiger partial charge in [0.15, 0.2) is 0 Å². The van der Waals surface area contributed by atoms with E-state index in [1.165, 1.54) is 62.6 Å². The summed E-state index contributed by atoms with van der Waals surface area (Å²) >= 11 is 1.66. The molecule has 20 heavy (non-hydrogen) atoms. The number of nitrogens with one attached hydrogen (secondary N) is 1. The Bertz CT molecular complexity index is 573. The number of H-pyrrole nitrogens is 1. The molecule has 110 valence electrons. The summed E-state index contributed by atoms with van der Waals surface area (Å²) in [7, 11) is 0. The number of hydrogen-bond acceptors (Lipinski definition) is 3. The molecule has 0 fully saturated rings. The quantitative estimate of drug-likeness (QED) is 0.683. The fourth-order valence-electron chi connectivity index (χ4n) is 2.47. The highest BCUT2D eigenvalue weighted by Gasteiger charge is 2.05. The minimum absolute atomic E-state index is 0.0200. The zero-order valence-electron chi connectivity index (χ0n) is 12.3. The fraction of sp³-hybridized carbons (Fsp3) is 0.625. The van der Waals surface area contributed by atoms with Gasteiger partial charge in [-0.1, -0.05) is 51.9 Å². The van der Waals surface area contributed by atoms with Gasteiger partial charge in [-0.3, -0.25) is 4.79 Å². The second-order valence-electron chi connectivity index (χ2n) is 5.39. The van der Waals surface area contributed by atoms with Crippen molar-refractivity contribution in [3.8, 4) is 0 Å². The van der Waals surface area contributed by atoms with Gasteiger partial charge in [0.2, 0.25) is 0 Å². The van der Waals surface area contributed by atoms with Gasteiger partial charge < -0.3 is 4.98 Å². The molecular weight excluding hydrogens is 268 g/mol. The molecule has 0 aliphatic rings. The highest BCUT2D eigenvalue weighted by atomic mass is 32.1. The molecule has 0 aromatic carbocycles. The van der Waals surface area contributed by atoms with E-state index in [0.717, 1.165) is 16.6 Å². The predicted octanol–water partition coefficient (Wildman–Crippen LogP) is 4.67. The molecule has 0 aliphatic heterocycles. The minimum Gasteiger partial charge on any atom is -0.313 e. The van der Waals surface area contributed by atoms with Crippen molar-refractivity contribution in [2.75, 3.05) is 0 Å². The Morgan fingerprint density at radius 2 is 1.80 bits per heavy atom. The van der Waals surface area contributed by atoms with Gasteiger partial charge in [-0.25, -0.2) is 4.98 Å². The van der Waals surface area contributed by atoms with E-state index >= 15 is 0 Å². The Hall–Kier alpha value is -1.16. The molecule has 2 heterocycles. The summed E-state index contributed by atoms with van der Waals surface area (Å²) in [6, 6.07) is 2.01. The SMILES string of the molecule is CCCCCCCCCCc1cc2c(=O)[nH]cnc2s1. The Kier molecular flexibility index (Phi) is 6.25. The van der Waals surface area contributed by atoms with Gasteiger partial charge in [0.25, 0.3) is 5.56 Å². The van der Waals surface area contributed by atoms with Crippen LogP contribution in [0.15, 0.2) is 17.2 Å². The van der Waals surface area contributed by atoms with Crippen LogP contribution in [-0.4, -0.2) is 9.97 Å². The number of hydrogen-bond donors (Lipinski definition) is 1. The molecular formula is C16H24N2OS. The highest BCUT2D eigenvalue weighted by Crippen LogP contribution is 2.22. The topological polar surface area (TPSA) is 45.8 Å². The molecule has 0 amide bonds. The van der Waals surface area contributed by atoms with Gasteiger partial charge in [-0.15, -0.1) is 11.3 Å². The standard InChI is InChI=1S/C16H24N2OS/c1-2-3-4-5-6-7-8-9-10-13-11-14-15(19)17-12-18-16(14)20-13/h11-12H,2-10H2,1H3,(H,17,18,19). The lowest BCUT2D eigenvalue weighted by Crippen LogP contribution is -2.03. The van der Waals surface area contributed by atoms with Gasteiger partial charge in [-0.05, 0) is 18.9 Å². The van der Waals surface area contributed by atoms with Crippen molar-refractivity contribution in [3.63, 3.8) is 0 Å². The maximum Gasteiger partial charge on any atom is 0.259 e. The molecule has 0 atom stereocenters. The number of thiophene rings is 1. The Labute approximate surface area is 124 Å². The molecule has 0 bridgehead atoms. The molecule has 2 aromatic rings. The molecule has 0 spiro atoms. The van der Waals surface area contributed by atoms with Crippen molar-refractivity contribution >= 4 is 21.6 Å². The normalized spacial score (nSPS) is 11.2. The van der Waals surface area contributed by atoms with Gasteiger partial charge in [0.05, 0.1) is 11.7 Å². The first-order chi connectivity index (χ1) is 9.81. The molecule has 2 rings (SSSR count). The van der Waals surface area contributed by atoms with E-state index in [2.05, 4.69) is 16.9 Å². The molecule has 1 N–H and O–H groups in total. The van der Waals surface area contributed by atoms with E-state index in [1.807, 2.05) is 6.07 Å². The van der Waals surface area contributed by atoms with E-state index in [-0.39, 0.29) is 5.56 Å². The zero-order chi connectivity index (χ0) is 14.2. The van der Waals surface area contributed by atoms with Crippen LogP contribution in [0, 0.1) is 0 Å². The average molecular weight is 292 g/mol. The summed E-state index contributed by atoms with van der Waals surface area (Å²) in [6.45, 7) is 2.25. The van der Waals surface area contributed by atoms with Gasteiger partial charge in [0.1, 0.15) is 4.83 Å². The van der Waals surface area contributed by atoms with Crippen molar-refractivity contribution in [2.24, 2.45) is 0 Å². The Morgan fingerprint density at radius 3 is 2.50 bits per heavy atom. The van der Waals surface area contributed by atoms with Crippen molar-refractivity contribution < 1.29 is 0 Å². The third-order valence-electron chi connectivity index (χ3n) is 3.66. The van der Waals surface area contributed by atoms with E-state index in [4.69, 9.17) is 0 Å². The third kappa shape index (κ3) is 4.44. The van der Waals surface area contributed by atoms with Crippen molar-refractivity contribution in [1.82, 2.24) is 9.97 Å². The van der Waals surface area contributed by atoms with Crippen LogP contribution in [0.2, 0.25) is 0 Å². The van der Waals surface area contributed by atoms with E-state index in [0.29, 0.717) is 0 Å². The summed E-state index contributed by atoms with van der Waals surface area (Å²) in [5, 5.41) is 0.743. The van der Waals surface area contributed by atoms with Crippen LogP contribution in [0.4, 0.5) is 0 Å². The fourth-order valence-corrected chi connectivity index (χ4v) is 3.51. The highest BCUT2D eigenvalue weighted by molar-refractivity contribution is 7.18. The monoisotopic (exact) mass is 292 g/mol. The van der Waals surface area contributed by atoms with Crippen molar-refractivity contribution in [3.05, 3.63) is 27.6 Å². The number of unbranched alkanes of at least 4 members (excludes halogenated alkanes) is 7. The molecule has 0 aliphatic carbocycles. The smallest absolute Gasteiger partial charge is 0.259 e. The molecule has 4 heteroatoms. The summed E-state index contributed by atoms with van der Waals surface area (Å²) in [6.07, 6.45) is 13.3. The summed E-state index contributed by atoms with van der Waals surface area (Å²) in [5.41, 5.74) is -0.0200. The number of fused-ring (bicyclic) bond motifs is 1. The van der Waals surface area contributed by atoms with Crippen LogP contribution in [0.5, 0.6) is 0 Å². The van der Waals surface area contributed by atoms with Crippen LogP contribution < -0.4 is 5.56 Å². The number of aromatic nitrogens is 2. The third-order valence-corrected chi connectivity index (χ3v) is 4.77. The molecule has 2 aromatic heterocycles. The minimum atomic E-state index is -0.0200. The summed E-state index contributed by atoms with van der Waals surface area (Å²) in [5.74, 6) is 0. The second kappa shape index (κ2) is 8.20. The van der Waals surface area contributed by atoms with Gasteiger partial charge >= 0.3 is 0 Å². The number of aryl methyl sites for hydroxylation is 1. The van der Waals surface area contributed by atoms with Crippen LogP contribution >= 0.6 is 11.3 Å². The van der Waals surface area contributed by atoms with Crippen LogP contribution in [-0.2, 0) is 6.42 Å². The van der Waals surface area contributed by atoms with Gasteiger partial charge in [0, 0.05) is 4.88 Å². The maximum atomic E-state index is 11.6. The lowest BCUT2D eigenvalue weighted by atomic mass is 10.1. The van der Waals surface area contributed by atoms with Crippen LogP contribution in [0.3, 0.4) is 0 Å². The predicted molar refractivity (Wildman–Crippen MR) is 86.6 cm³/mol. The molecule has 0 radical (unpaired) electrons. The van der Waals surface area contributed by atoms with Crippen LogP contribution in [0.1, 0.15) is 63.2 Å². The molecule has 0 saturated carbocycles. The molecule has 3 nitrogen and oxygen atoms in total. The molecule has 0 saturated heterocycles. The Balaban J connectivity index is 1.68. The first kappa shape index (κ1) is 15.2. The lowest BCUT2D eigenvalue weighted by molar-refractivity contribution is 0.576. The van der Waals surface area contributed by atoms with E-state index in [9.17, 15) is 4.79 Å². The maximum absolute atomic E-state index is 11.6. The summed E-state index contributed by atoms with van der Waals surface area (Å²) in [4.78, 5) is 20.6.